The van der Waals surface area contributed by atoms with E-state index in [1.54, 1.807) is 30.7 Å². The van der Waals surface area contributed by atoms with Crippen molar-refractivity contribution in [2.75, 3.05) is 25.0 Å². The molecule has 0 spiro atoms. The Morgan fingerprint density at radius 3 is 2.66 bits per heavy atom. The number of anilines is 1. The van der Waals surface area contributed by atoms with E-state index in [0.29, 0.717) is 47.9 Å². The summed E-state index contributed by atoms with van der Waals surface area (Å²) in [6.07, 6.45) is 1.90. The number of carbonyl (C=O) groups excluding carboxylic acids is 1. The topological polar surface area (TPSA) is 71.0 Å². The lowest BCUT2D eigenvalue weighted by Crippen LogP contribution is -2.40. The molecule has 0 radical (unpaired) electrons. The number of nitrogens with zero attached hydrogens (tertiary/aromatic N) is 4. The number of hydrogen-bond donors (Lipinski definition) is 1. The summed E-state index contributed by atoms with van der Waals surface area (Å²) in [6, 6.07) is 7.78. The van der Waals surface area contributed by atoms with E-state index in [4.69, 9.17) is 0 Å². The van der Waals surface area contributed by atoms with E-state index >= 15 is 0 Å². The molecule has 1 fully saturated rings. The maximum absolute atomic E-state index is 13.4. The van der Waals surface area contributed by atoms with Crippen LogP contribution in [0.2, 0.25) is 0 Å². The lowest BCUT2D eigenvalue weighted by Gasteiger charge is -2.32. The monoisotopic (exact) mass is 497 g/mol. The normalized spacial score (nSPS) is 14.9. The van der Waals surface area contributed by atoms with Crippen LogP contribution >= 0.6 is 11.3 Å². The molecule has 1 amide bonds. The van der Waals surface area contributed by atoms with Crippen molar-refractivity contribution in [3.05, 3.63) is 70.9 Å². The first-order valence-corrected chi connectivity index (χ1v) is 12.2. The minimum atomic E-state index is -4.53. The van der Waals surface area contributed by atoms with Crippen molar-refractivity contribution in [3.8, 4) is 11.1 Å². The van der Waals surface area contributed by atoms with Crippen LogP contribution in [0.25, 0.3) is 22.0 Å². The van der Waals surface area contributed by atoms with Gasteiger partial charge in [-0.25, -0.2) is 9.97 Å². The highest BCUT2D eigenvalue weighted by atomic mass is 32.1. The van der Waals surface area contributed by atoms with E-state index in [-0.39, 0.29) is 11.4 Å². The van der Waals surface area contributed by atoms with E-state index in [1.165, 1.54) is 17.4 Å². The summed E-state index contributed by atoms with van der Waals surface area (Å²) in [7, 11) is 0. The summed E-state index contributed by atoms with van der Waals surface area (Å²) in [5, 5.41) is 7.60. The number of halogens is 3. The van der Waals surface area contributed by atoms with Crippen molar-refractivity contribution in [1.82, 2.24) is 19.9 Å². The molecule has 1 saturated heterocycles. The largest absolute Gasteiger partial charge is 0.433 e. The van der Waals surface area contributed by atoms with Crippen LogP contribution in [0.3, 0.4) is 0 Å². The summed E-state index contributed by atoms with van der Waals surface area (Å²) in [4.78, 5) is 27.0. The molecule has 10 heteroatoms. The average molecular weight is 498 g/mol. The molecule has 0 saturated carbocycles. The minimum Gasteiger partial charge on any atom is -0.369 e. The van der Waals surface area contributed by atoms with Crippen LogP contribution in [0.4, 0.5) is 19.0 Å². The molecule has 1 aliphatic heterocycles. The molecule has 0 unspecified atom stereocenters. The van der Waals surface area contributed by atoms with Gasteiger partial charge in [0.2, 0.25) is 0 Å². The Balaban J connectivity index is 1.31. The molecule has 0 aromatic carbocycles. The lowest BCUT2D eigenvalue weighted by molar-refractivity contribution is -0.140. The van der Waals surface area contributed by atoms with Crippen molar-refractivity contribution in [3.63, 3.8) is 0 Å². The van der Waals surface area contributed by atoms with Crippen LogP contribution in [0.1, 0.15) is 28.9 Å². The number of likely N-dealkylation sites (tertiary alicyclic amines) is 1. The summed E-state index contributed by atoms with van der Waals surface area (Å²) >= 11 is 1.46. The predicted octanol–water partition coefficient (Wildman–Crippen LogP) is 5.74. The second kappa shape index (κ2) is 9.61. The van der Waals surface area contributed by atoms with Gasteiger partial charge in [0.1, 0.15) is 11.5 Å². The zero-order valence-electron chi connectivity index (χ0n) is 18.6. The number of alkyl halides is 3. The molecule has 6 nitrogen and oxygen atoms in total. The van der Waals surface area contributed by atoms with Gasteiger partial charge < -0.3 is 10.2 Å². The van der Waals surface area contributed by atoms with Crippen LogP contribution in [0.5, 0.6) is 0 Å². The second-order valence-corrected chi connectivity index (χ2v) is 9.26. The summed E-state index contributed by atoms with van der Waals surface area (Å²) < 4.78 is 40.1. The first-order chi connectivity index (χ1) is 16.9. The Morgan fingerprint density at radius 1 is 1.14 bits per heavy atom. The highest BCUT2D eigenvalue weighted by molar-refractivity contribution is 7.08. The standard InChI is InChI=1S/C25H22F3N5OS/c26-25(27,28)21-4-3-19-22(32-21)20(18-7-11-35-15-18)14-31-23(19)30-12-16-5-9-33(10-6-16)24(34)17-2-1-8-29-13-17/h1-4,7-8,11,13-16H,5-6,9-10,12H2,(H,30,31). The van der Waals surface area contributed by atoms with Crippen LogP contribution in [-0.4, -0.2) is 45.4 Å². The fourth-order valence-electron chi connectivity index (χ4n) is 4.30. The molecular weight excluding hydrogens is 475 g/mol. The zero-order chi connectivity index (χ0) is 24.4. The summed E-state index contributed by atoms with van der Waals surface area (Å²) in [6.45, 7) is 1.89. The van der Waals surface area contributed by atoms with Crippen molar-refractivity contribution in [1.29, 1.82) is 0 Å². The molecule has 180 valence electrons. The molecule has 0 atom stereocenters. The maximum Gasteiger partial charge on any atom is 0.433 e. The van der Waals surface area contributed by atoms with Crippen LogP contribution in [-0.2, 0) is 6.18 Å². The molecular formula is C25H22F3N5OS. The Bertz CT molecular complexity index is 1320. The van der Waals surface area contributed by atoms with Gasteiger partial charge in [-0.1, -0.05) is 0 Å². The van der Waals surface area contributed by atoms with Gasteiger partial charge >= 0.3 is 6.18 Å². The number of aromatic nitrogens is 3. The van der Waals surface area contributed by atoms with Gasteiger partial charge in [-0.2, -0.15) is 24.5 Å². The van der Waals surface area contributed by atoms with Gasteiger partial charge in [-0.3, -0.25) is 9.78 Å². The third kappa shape index (κ3) is 4.97. The number of thiophene rings is 1. The van der Waals surface area contributed by atoms with E-state index in [9.17, 15) is 18.0 Å². The quantitative estimate of drug-likeness (QED) is 0.381. The average Bonchev–Trinajstić information content (AvgIpc) is 3.41. The van der Waals surface area contributed by atoms with E-state index in [2.05, 4.69) is 20.3 Å². The summed E-state index contributed by atoms with van der Waals surface area (Å²) in [5.74, 6) is 0.797. The maximum atomic E-state index is 13.4. The van der Waals surface area contributed by atoms with Gasteiger partial charge in [0.05, 0.1) is 11.1 Å². The van der Waals surface area contributed by atoms with Gasteiger partial charge in [0.15, 0.2) is 0 Å². The molecule has 4 aromatic rings. The number of rotatable bonds is 5. The molecule has 1 N–H and O–H groups in total. The number of carbonyl (C=O) groups is 1. The smallest absolute Gasteiger partial charge is 0.369 e. The highest BCUT2D eigenvalue weighted by Gasteiger charge is 2.33. The molecule has 5 heterocycles. The molecule has 1 aliphatic rings. The minimum absolute atomic E-state index is 0.0206. The first kappa shape index (κ1) is 23.2. The van der Waals surface area contributed by atoms with E-state index < -0.39 is 11.9 Å². The Morgan fingerprint density at radius 2 is 1.97 bits per heavy atom. The Kier molecular flexibility index (Phi) is 6.38. The fraction of sp³-hybridized carbons (Fsp3) is 0.280. The number of nitrogens with one attached hydrogen (secondary N) is 1. The van der Waals surface area contributed by atoms with Crippen molar-refractivity contribution >= 4 is 34.0 Å². The van der Waals surface area contributed by atoms with Crippen molar-refractivity contribution < 1.29 is 18.0 Å². The third-order valence-corrected chi connectivity index (χ3v) is 6.90. The molecule has 0 bridgehead atoms. The van der Waals surface area contributed by atoms with Crippen LogP contribution < -0.4 is 5.32 Å². The number of amides is 1. The van der Waals surface area contributed by atoms with E-state index in [1.807, 2.05) is 21.7 Å². The van der Waals surface area contributed by atoms with E-state index in [0.717, 1.165) is 24.5 Å². The van der Waals surface area contributed by atoms with Gasteiger partial charge in [-0.05, 0) is 65.4 Å². The molecule has 35 heavy (non-hydrogen) atoms. The zero-order valence-corrected chi connectivity index (χ0v) is 19.4. The van der Waals surface area contributed by atoms with Crippen molar-refractivity contribution in [2.24, 2.45) is 5.92 Å². The SMILES string of the molecule is O=C(c1cccnc1)N1CCC(CNc2ncc(-c3ccsc3)c3nc(C(F)(F)F)ccc23)CC1. The molecule has 4 aromatic heterocycles. The molecule has 5 rings (SSSR count). The summed E-state index contributed by atoms with van der Waals surface area (Å²) in [5.41, 5.74) is 1.28. The number of pyridine rings is 3. The lowest BCUT2D eigenvalue weighted by atomic mass is 9.96. The third-order valence-electron chi connectivity index (χ3n) is 6.22. The second-order valence-electron chi connectivity index (χ2n) is 8.48. The van der Waals surface area contributed by atoms with Crippen LogP contribution in [0, 0.1) is 5.92 Å². The van der Waals surface area contributed by atoms with Gasteiger partial charge in [0.25, 0.3) is 5.91 Å². The number of fused-ring (bicyclic) bond motifs is 1. The Labute approximate surface area is 203 Å². The number of piperidine rings is 1. The van der Waals surface area contributed by atoms with Crippen LogP contribution in [0.15, 0.2) is 59.7 Å². The highest BCUT2D eigenvalue weighted by Crippen LogP contribution is 2.35. The predicted molar refractivity (Wildman–Crippen MR) is 129 cm³/mol. The Hall–Kier alpha value is -3.53. The first-order valence-electron chi connectivity index (χ1n) is 11.2. The van der Waals surface area contributed by atoms with Gasteiger partial charge in [0, 0.05) is 49.2 Å². The fourth-order valence-corrected chi connectivity index (χ4v) is 4.95. The van der Waals surface area contributed by atoms with Crippen molar-refractivity contribution in [2.45, 2.75) is 19.0 Å². The van der Waals surface area contributed by atoms with Gasteiger partial charge in [-0.15, -0.1) is 0 Å². The number of hydrogen-bond acceptors (Lipinski definition) is 6. The molecule has 0 aliphatic carbocycles.